The van der Waals surface area contributed by atoms with Gasteiger partial charge in [0.05, 0.1) is 6.61 Å². The van der Waals surface area contributed by atoms with Gasteiger partial charge in [-0.1, -0.05) is 31.9 Å². The number of fused-ring (bicyclic) bond motifs is 1. The third-order valence-corrected chi connectivity index (χ3v) is 6.75. The Morgan fingerprint density at radius 2 is 1.97 bits per heavy atom. The smallest absolute Gasteiger partial charge is 0.336 e. The van der Waals surface area contributed by atoms with E-state index in [1.165, 1.54) is 11.6 Å². The lowest BCUT2D eigenvalue weighted by Crippen LogP contribution is -2.41. The molecule has 0 amide bonds. The summed E-state index contributed by atoms with van der Waals surface area (Å²) in [5, 5.41) is 11.8. The predicted molar refractivity (Wildman–Crippen MR) is 111 cm³/mol. The molecular formula is C24H29O5-. The fourth-order valence-electron chi connectivity index (χ4n) is 4.53. The normalized spacial score (nSPS) is 26.3. The number of ether oxygens (including phenoxy) is 1. The summed E-state index contributed by atoms with van der Waals surface area (Å²) < 4.78 is 11.5. The first-order chi connectivity index (χ1) is 13.7. The third-order valence-electron chi connectivity index (χ3n) is 6.75. The Balaban J connectivity index is 1.87. The van der Waals surface area contributed by atoms with Gasteiger partial charge in [-0.3, -0.25) is 0 Å². The molecule has 5 heteroatoms. The van der Waals surface area contributed by atoms with Crippen LogP contribution in [0.4, 0.5) is 0 Å². The number of rotatable bonds is 6. The molecule has 0 bridgehead atoms. The van der Waals surface area contributed by atoms with Gasteiger partial charge in [0, 0.05) is 28.9 Å². The summed E-state index contributed by atoms with van der Waals surface area (Å²) in [6.45, 7) is 9.24. The zero-order valence-electron chi connectivity index (χ0n) is 17.6. The molecule has 1 aliphatic rings. The second-order valence-electron chi connectivity index (χ2n) is 8.60. The van der Waals surface area contributed by atoms with Crippen LogP contribution in [0.2, 0.25) is 0 Å². The number of aliphatic carboxylic acids is 1. The van der Waals surface area contributed by atoms with Gasteiger partial charge in [0.1, 0.15) is 11.3 Å². The zero-order chi connectivity index (χ0) is 21.2. The van der Waals surface area contributed by atoms with Crippen LogP contribution in [0.15, 0.2) is 50.7 Å². The van der Waals surface area contributed by atoms with E-state index >= 15 is 0 Å². The van der Waals surface area contributed by atoms with Crippen LogP contribution in [0.3, 0.4) is 0 Å². The number of carbonyl (C=O) groups is 1. The Kier molecular flexibility index (Phi) is 6.15. The van der Waals surface area contributed by atoms with Crippen molar-refractivity contribution in [2.24, 2.45) is 17.3 Å². The van der Waals surface area contributed by atoms with E-state index in [2.05, 4.69) is 20.8 Å². The molecule has 0 unspecified atom stereocenters. The first-order valence-electron chi connectivity index (χ1n) is 10.3. The minimum absolute atomic E-state index is 0.0416. The summed E-state index contributed by atoms with van der Waals surface area (Å²) in [4.78, 5) is 22.4. The van der Waals surface area contributed by atoms with E-state index in [1.807, 2.05) is 19.1 Å². The van der Waals surface area contributed by atoms with Crippen LogP contribution >= 0.6 is 0 Å². The fraction of sp³-hybridized carbons (Fsp3) is 0.500. The number of allylic oxidation sites excluding steroid dienone is 1. The first kappa shape index (κ1) is 21.2. The van der Waals surface area contributed by atoms with Crippen molar-refractivity contribution in [3.8, 4) is 5.75 Å². The first-order valence-corrected chi connectivity index (χ1v) is 10.3. The average molecular weight is 397 g/mol. The van der Waals surface area contributed by atoms with Crippen LogP contribution in [0.5, 0.6) is 5.75 Å². The lowest BCUT2D eigenvalue weighted by atomic mass is 9.60. The van der Waals surface area contributed by atoms with Gasteiger partial charge in [0.25, 0.3) is 0 Å². The maximum atomic E-state index is 11.5. The predicted octanol–water partition coefficient (Wildman–Crippen LogP) is 4.09. The molecule has 1 heterocycles. The van der Waals surface area contributed by atoms with Crippen LogP contribution in [0.25, 0.3) is 11.0 Å². The summed E-state index contributed by atoms with van der Waals surface area (Å²) in [6, 6.07) is 8.66. The van der Waals surface area contributed by atoms with Gasteiger partial charge >= 0.3 is 5.63 Å². The van der Waals surface area contributed by atoms with E-state index in [-0.39, 0.29) is 17.5 Å². The minimum atomic E-state index is -1.02. The number of carboxylic acid groups (broad SMARTS) is 1. The van der Waals surface area contributed by atoms with Crippen LogP contribution in [-0.2, 0) is 4.79 Å². The highest BCUT2D eigenvalue weighted by molar-refractivity contribution is 5.77. The van der Waals surface area contributed by atoms with Crippen molar-refractivity contribution in [3.63, 3.8) is 0 Å². The van der Waals surface area contributed by atoms with Crippen molar-refractivity contribution in [2.45, 2.75) is 53.4 Å². The molecule has 0 saturated heterocycles. The molecule has 3 rings (SSSR count). The monoisotopic (exact) mass is 397 g/mol. The summed E-state index contributed by atoms with van der Waals surface area (Å²) in [6.07, 6.45) is 2.60. The van der Waals surface area contributed by atoms with Gasteiger partial charge in [-0.05, 0) is 62.6 Å². The highest BCUT2D eigenvalue weighted by Crippen LogP contribution is 2.49. The molecule has 0 aliphatic heterocycles. The molecule has 1 fully saturated rings. The van der Waals surface area contributed by atoms with E-state index in [1.54, 1.807) is 12.1 Å². The standard InChI is InChI=1S/C24H30O5/c1-15-5-10-20(16(2)6-11-22(25)26)24(4,17(15)3)14-28-19-9-7-18-8-12-23(27)29-21(18)13-19/h7-9,12-13,15,17H,5-6,10-11,14H2,1-4H3,(H,25,26)/p-1/t15-,17-,24-/m1/s1. The van der Waals surface area contributed by atoms with E-state index in [9.17, 15) is 14.7 Å². The maximum absolute atomic E-state index is 11.5. The molecule has 1 aliphatic carbocycles. The zero-order valence-corrected chi connectivity index (χ0v) is 17.6. The van der Waals surface area contributed by atoms with Gasteiger partial charge in [0.15, 0.2) is 0 Å². The minimum Gasteiger partial charge on any atom is -0.550 e. The van der Waals surface area contributed by atoms with Crippen molar-refractivity contribution in [3.05, 3.63) is 51.9 Å². The Morgan fingerprint density at radius 3 is 2.69 bits per heavy atom. The summed E-state index contributed by atoms with van der Waals surface area (Å²) in [5.74, 6) is 0.585. The molecule has 1 aromatic carbocycles. The van der Waals surface area contributed by atoms with Gasteiger partial charge in [-0.2, -0.15) is 0 Å². The Labute approximate surface area is 171 Å². The maximum Gasteiger partial charge on any atom is 0.336 e. The molecule has 2 aromatic rings. The van der Waals surface area contributed by atoms with Crippen molar-refractivity contribution in [1.29, 1.82) is 0 Å². The number of carbonyl (C=O) groups excluding carboxylic acids is 1. The summed E-state index contributed by atoms with van der Waals surface area (Å²) >= 11 is 0. The number of hydrogen-bond donors (Lipinski definition) is 0. The van der Waals surface area contributed by atoms with Crippen molar-refractivity contribution >= 4 is 16.9 Å². The molecule has 1 aromatic heterocycles. The highest BCUT2D eigenvalue weighted by atomic mass is 16.5. The molecule has 3 atom stereocenters. The average Bonchev–Trinajstić information content (AvgIpc) is 2.68. The van der Waals surface area contributed by atoms with Crippen LogP contribution in [0.1, 0.15) is 53.4 Å². The van der Waals surface area contributed by atoms with E-state index in [0.29, 0.717) is 36.2 Å². The Morgan fingerprint density at radius 1 is 1.24 bits per heavy atom. The van der Waals surface area contributed by atoms with Gasteiger partial charge in [-0.25, -0.2) is 4.79 Å². The molecule has 0 spiro atoms. The number of carboxylic acids is 1. The quantitative estimate of drug-likeness (QED) is 0.542. The fourth-order valence-corrected chi connectivity index (χ4v) is 4.53. The van der Waals surface area contributed by atoms with Crippen LogP contribution in [-0.4, -0.2) is 12.6 Å². The topological polar surface area (TPSA) is 79.6 Å². The molecule has 5 nitrogen and oxygen atoms in total. The molecule has 29 heavy (non-hydrogen) atoms. The lowest BCUT2D eigenvalue weighted by molar-refractivity contribution is -0.305. The van der Waals surface area contributed by atoms with Gasteiger partial charge in [-0.15, -0.1) is 0 Å². The molecule has 156 valence electrons. The SMILES string of the molecule is CC(CCC(=O)[O-])=C1CC[C@@H](C)[C@@H](C)[C@@]1(C)COc1ccc2ccc(=O)oc2c1. The number of benzene rings is 1. The Bertz CT molecular complexity index is 986. The molecule has 1 saturated carbocycles. The van der Waals surface area contributed by atoms with E-state index < -0.39 is 5.97 Å². The van der Waals surface area contributed by atoms with Crippen molar-refractivity contribution in [2.75, 3.05) is 6.61 Å². The van der Waals surface area contributed by atoms with Crippen molar-refractivity contribution < 1.29 is 19.1 Å². The summed E-state index contributed by atoms with van der Waals surface area (Å²) in [7, 11) is 0. The Hall–Kier alpha value is -2.56. The molecule has 0 N–H and O–H groups in total. The third kappa shape index (κ3) is 4.55. The largest absolute Gasteiger partial charge is 0.550 e. The molecule has 0 radical (unpaired) electrons. The highest BCUT2D eigenvalue weighted by Gasteiger charge is 2.42. The number of hydrogen-bond acceptors (Lipinski definition) is 5. The second-order valence-corrected chi connectivity index (χ2v) is 8.60. The van der Waals surface area contributed by atoms with Crippen LogP contribution in [0, 0.1) is 17.3 Å². The van der Waals surface area contributed by atoms with Crippen LogP contribution < -0.4 is 15.5 Å². The van der Waals surface area contributed by atoms with Crippen molar-refractivity contribution in [1.82, 2.24) is 0 Å². The van der Waals surface area contributed by atoms with Gasteiger partial charge < -0.3 is 19.1 Å². The lowest BCUT2D eigenvalue weighted by Gasteiger charge is -2.46. The molecular weight excluding hydrogens is 368 g/mol. The summed E-state index contributed by atoms with van der Waals surface area (Å²) in [5.41, 5.74) is 2.36. The van der Waals surface area contributed by atoms with E-state index in [0.717, 1.165) is 23.8 Å². The van der Waals surface area contributed by atoms with Gasteiger partial charge in [0.2, 0.25) is 0 Å². The second kappa shape index (κ2) is 8.44. The van der Waals surface area contributed by atoms with E-state index in [4.69, 9.17) is 9.15 Å².